The van der Waals surface area contributed by atoms with Crippen LogP contribution in [-0.4, -0.2) is 15.6 Å². The number of amides is 1. The molecule has 118 valence electrons. The Balaban J connectivity index is 1.96. The summed E-state index contributed by atoms with van der Waals surface area (Å²) in [6.45, 7) is 6.92. The molecule has 22 heavy (non-hydrogen) atoms. The number of nitrogens with zero attached hydrogens (tertiary/aromatic N) is 2. The van der Waals surface area contributed by atoms with E-state index in [0.29, 0.717) is 23.8 Å². The lowest BCUT2D eigenvalue weighted by atomic mass is 10.1. The van der Waals surface area contributed by atoms with Crippen LogP contribution in [0.5, 0.6) is 0 Å². The minimum absolute atomic E-state index is 0.186. The van der Waals surface area contributed by atoms with Crippen LogP contribution in [0, 0.1) is 5.92 Å². The fraction of sp³-hybridized carbons (Fsp3) is 0.438. The molecule has 0 saturated carbocycles. The third-order valence-corrected chi connectivity index (χ3v) is 3.25. The zero-order valence-electron chi connectivity index (χ0n) is 13.1. The van der Waals surface area contributed by atoms with Crippen molar-refractivity contribution in [3.8, 4) is 0 Å². The number of carbonyl (C=O) groups excluding carboxylic acids is 1. The van der Waals surface area contributed by atoms with E-state index in [1.54, 1.807) is 12.3 Å². The molecule has 0 unspecified atom stereocenters. The van der Waals surface area contributed by atoms with Gasteiger partial charge in [-0.1, -0.05) is 19.0 Å². The number of aryl methyl sites for hydroxylation is 1. The molecule has 0 aliphatic heterocycles. The van der Waals surface area contributed by atoms with Crippen molar-refractivity contribution < 1.29 is 9.32 Å². The summed E-state index contributed by atoms with van der Waals surface area (Å²) >= 11 is 0. The molecule has 0 saturated heterocycles. The van der Waals surface area contributed by atoms with E-state index in [1.165, 1.54) is 10.6 Å². The monoisotopic (exact) mass is 303 g/mol. The van der Waals surface area contributed by atoms with Gasteiger partial charge in [0.15, 0.2) is 5.76 Å². The summed E-state index contributed by atoms with van der Waals surface area (Å²) in [6.07, 6.45) is 2.46. The van der Waals surface area contributed by atoms with E-state index in [2.05, 4.69) is 24.3 Å². The highest BCUT2D eigenvalue weighted by atomic mass is 16.5. The molecule has 2 heterocycles. The van der Waals surface area contributed by atoms with E-state index in [1.807, 2.05) is 13.0 Å². The first kappa shape index (κ1) is 16.0. The summed E-state index contributed by atoms with van der Waals surface area (Å²) < 4.78 is 6.71. The summed E-state index contributed by atoms with van der Waals surface area (Å²) in [4.78, 5) is 23.7. The highest BCUT2D eigenvalue weighted by molar-refractivity contribution is 5.93. The number of hydrogen-bond donors (Lipinski definition) is 1. The van der Waals surface area contributed by atoms with Gasteiger partial charge < -0.3 is 14.4 Å². The largest absolute Gasteiger partial charge is 0.359 e. The normalized spacial score (nSPS) is 10.9. The van der Waals surface area contributed by atoms with E-state index in [4.69, 9.17) is 4.52 Å². The van der Waals surface area contributed by atoms with Gasteiger partial charge in [-0.15, -0.1) is 0 Å². The molecule has 0 aliphatic rings. The molecule has 2 aromatic rings. The molecule has 0 spiro atoms. The van der Waals surface area contributed by atoms with Gasteiger partial charge in [0.1, 0.15) is 0 Å². The summed E-state index contributed by atoms with van der Waals surface area (Å²) in [5.41, 5.74) is 1.04. The first-order chi connectivity index (χ1) is 10.5. The summed E-state index contributed by atoms with van der Waals surface area (Å²) in [7, 11) is 0. The molecule has 2 rings (SSSR count). The number of pyridine rings is 1. The Morgan fingerprint density at radius 1 is 1.41 bits per heavy atom. The summed E-state index contributed by atoms with van der Waals surface area (Å²) in [5.74, 6) is 0.797. The molecule has 0 fully saturated rings. The van der Waals surface area contributed by atoms with Crippen LogP contribution in [0.15, 0.2) is 33.7 Å². The van der Waals surface area contributed by atoms with E-state index >= 15 is 0 Å². The lowest BCUT2D eigenvalue weighted by Gasteiger charge is -2.05. The van der Waals surface area contributed by atoms with Crippen molar-refractivity contribution in [3.05, 3.63) is 51.8 Å². The van der Waals surface area contributed by atoms with Crippen molar-refractivity contribution in [2.75, 3.05) is 0 Å². The molecular weight excluding hydrogens is 282 g/mol. The van der Waals surface area contributed by atoms with Crippen LogP contribution in [0.3, 0.4) is 0 Å². The molecule has 1 N–H and O–H groups in total. The van der Waals surface area contributed by atoms with Crippen LogP contribution in [0.1, 0.15) is 42.6 Å². The van der Waals surface area contributed by atoms with Crippen LogP contribution in [0.25, 0.3) is 0 Å². The van der Waals surface area contributed by atoms with Gasteiger partial charge in [-0.2, -0.15) is 0 Å². The Hall–Kier alpha value is -2.37. The highest BCUT2D eigenvalue weighted by Gasteiger charge is 2.10. The maximum absolute atomic E-state index is 12.0. The van der Waals surface area contributed by atoms with Gasteiger partial charge in [0.05, 0.1) is 12.2 Å². The highest BCUT2D eigenvalue weighted by Crippen LogP contribution is 2.09. The minimum Gasteiger partial charge on any atom is -0.359 e. The molecule has 6 heteroatoms. The molecular formula is C16H21N3O3. The molecule has 0 atom stereocenters. The summed E-state index contributed by atoms with van der Waals surface area (Å²) in [6, 6.07) is 4.81. The predicted octanol–water partition coefficient (Wildman–Crippen LogP) is 1.98. The van der Waals surface area contributed by atoms with Crippen molar-refractivity contribution in [2.24, 2.45) is 5.92 Å². The smallest absolute Gasteiger partial charge is 0.251 e. The second-order valence-corrected chi connectivity index (χ2v) is 5.60. The van der Waals surface area contributed by atoms with Crippen molar-refractivity contribution in [2.45, 2.75) is 40.3 Å². The van der Waals surface area contributed by atoms with Crippen LogP contribution < -0.4 is 10.9 Å². The second-order valence-electron chi connectivity index (χ2n) is 5.60. The van der Waals surface area contributed by atoms with Crippen molar-refractivity contribution >= 4 is 5.91 Å². The molecule has 1 amide bonds. The molecule has 0 aliphatic carbocycles. The number of nitrogens with one attached hydrogen (secondary N) is 1. The second kappa shape index (κ2) is 7.06. The Kier molecular flexibility index (Phi) is 5.14. The standard InChI is InChI=1S/C16H21N3O3/c1-4-19-6-5-12(8-15(19)20)16(21)17-10-14-9-13(18-22-14)7-11(2)3/h5-6,8-9,11H,4,7,10H2,1-3H3,(H,17,21). The van der Waals surface area contributed by atoms with E-state index in [9.17, 15) is 9.59 Å². The number of rotatable bonds is 6. The fourth-order valence-electron chi connectivity index (χ4n) is 2.13. The third-order valence-electron chi connectivity index (χ3n) is 3.25. The third kappa shape index (κ3) is 4.07. The van der Waals surface area contributed by atoms with Crippen molar-refractivity contribution in [1.82, 2.24) is 15.0 Å². The Labute approximate surface area is 129 Å². The maximum Gasteiger partial charge on any atom is 0.251 e. The van der Waals surface area contributed by atoms with Crippen molar-refractivity contribution in [1.29, 1.82) is 0 Å². The first-order valence-electron chi connectivity index (χ1n) is 7.42. The number of hydrogen-bond acceptors (Lipinski definition) is 4. The van der Waals surface area contributed by atoms with Crippen molar-refractivity contribution in [3.63, 3.8) is 0 Å². The minimum atomic E-state index is -0.304. The average molecular weight is 303 g/mol. The lowest BCUT2D eigenvalue weighted by molar-refractivity contribution is 0.0946. The molecule has 0 aromatic carbocycles. The zero-order chi connectivity index (χ0) is 16.1. The SMILES string of the molecule is CCn1ccc(C(=O)NCc2cc(CC(C)C)no2)cc1=O. The Morgan fingerprint density at radius 2 is 2.18 bits per heavy atom. The van der Waals surface area contributed by atoms with E-state index in [0.717, 1.165) is 12.1 Å². The Bertz CT molecular complexity index is 701. The predicted molar refractivity (Wildman–Crippen MR) is 82.6 cm³/mol. The van der Waals surface area contributed by atoms with Gasteiger partial charge in [-0.3, -0.25) is 9.59 Å². The van der Waals surface area contributed by atoms with Gasteiger partial charge in [0.25, 0.3) is 11.5 Å². The van der Waals surface area contributed by atoms with Gasteiger partial charge in [0.2, 0.25) is 0 Å². The van der Waals surface area contributed by atoms with Crippen LogP contribution >= 0.6 is 0 Å². The number of carbonyl (C=O) groups is 1. The number of aromatic nitrogens is 2. The fourth-order valence-corrected chi connectivity index (χ4v) is 2.13. The zero-order valence-corrected chi connectivity index (χ0v) is 13.1. The lowest BCUT2D eigenvalue weighted by Crippen LogP contribution is -2.26. The molecule has 2 aromatic heterocycles. The molecule has 0 bridgehead atoms. The van der Waals surface area contributed by atoms with E-state index < -0.39 is 0 Å². The van der Waals surface area contributed by atoms with Gasteiger partial charge in [-0.05, 0) is 25.3 Å². The quantitative estimate of drug-likeness (QED) is 0.885. The summed E-state index contributed by atoms with van der Waals surface area (Å²) in [5, 5.41) is 6.69. The van der Waals surface area contributed by atoms with Crippen LogP contribution in [-0.2, 0) is 19.5 Å². The maximum atomic E-state index is 12.0. The van der Waals surface area contributed by atoms with Gasteiger partial charge in [0, 0.05) is 30.4 Å². The Morgan fingerprint density at radius 3 is 2.82 bits per heavy atom. The molecule has 0 radical (unpaired) electrons. The van der Waals surface area contributed by atoms with Gasteiger partial charge in [-0.25, -0.2) is 0 Å². The average Bonchev–Trinajstić information content (AvgIpc) is 2.91. The van der Waals surface area contributed by atoms with Crippen LogP contribution in [0.2, 0.25) is 0 Å². The van der Waals surface area contributed by atoms with Crippen LogP contribution in [0.4, 0.5) is 0 Å². The van der Waals surface area contributed by atoms with Gasteiger partial charge >= 0.3 is 0 Å². The topological polar surface area (TPSA) is 77.1 Å². The first-order valence-corrected chi connectivity index (χ1v) is 7.42. The molecule has 6 nitrogen and oxygen atoms in total. The van der Waals surface area contributed by atoms with E-state index in [-0.39, 0.29) is 18.0 Å².